The number of hydrogen-bond acceptors (Lipinski definition) is 4. The number of hydrogen-bond donors (Lipinski definition) is 1. The molecule has 5 heteroatoms. The van der Waals surface area contributed by atoms with Gasteiger partial charge in [0.05, 0.1) is 17.2 Å². The van der Waals surface area contributed by atoms with Crippen LogP contribution in [-0.4, -0.2) is 29.4 Å². The zero-order chi connectivity index (χ0) is 14.3. The minimum Gasteiger partial charge on any atom is -0.340 e. The molecular weight excluding hydrogens is 258 g/mol. The van der Waals surface area contributed by atoms with Crippen LogP contribution in [0.3, 0.4) is 0 Å². The number of nitrogens with zero attached hydrogens (tertiary/aromatic N) is 2. The molecule has 4 nitrogen and oxygen atoms in total. The van der Waals surface area contributed by atoms with Crippen LogP contribution in [0.25, 0.3) is 0 Å². The van der Waals surface area contributed by atoms with Crippen molar-refractivity contribution in [2.75, 3.05) is 13.6 Å². The van der Waals surface area contributed by atoms with E-state index in [1.807, 2.05) is 19.4 Å². The van der Waals surface area contributed by atoms with Gasteiger partial charge in [0.1, 0.15) is 0 Å². The normalized spacial score (nSPS) is 12.4. The predicted molar refractivity (Wildman–Crippen MR) is 80.0 cm³/mol. The summed E-state index contributed by atoms with van der Waals surface area (Å²) in [6, 6.07) is 0. The van der Waals surface area contributed by atoms with Gasteiger partial charge in [-0.15, -0.1) is 11.3 Å². The van der Waals surface area contributed by atoms with Crippen molar-refractivity contribution < 1.29 is 4.79 Å². The maximum atomic E-state index is 12.0. The first kappa shape index (κ1) is 16.1. The molecule has 1 unspecified atom stereocenters. The summed E-state index contributed by atoms with van der Waals surface area (Å²) in [6.07, 6.45) is 3.66. The average molecular weight is 283 g/mol. The number of amides is 1. The summed E-state index contributed by atoms with van der Waals surface area (Å²) >= 11 is 1.62. The minimum absolute atomic E-state index is 0.195. The molecule has 0 fully saturated rings. The van der Waals surface area contributed by atoms with Gasteiger partial charge >= 0.3 is 0 Å². The molecule has 2 N–H and O–H groups in total. The van der Waals surface area contributed by atoms with Crippen LogP contribution >= 0.6 is 11.3 Å². The van der Waals surface area contributed by atoms with Crippen molar-refractivity contribution in [3.63, 3.8) is 0 Å². The monoisotopic (exact) mass is 283 g/mol. The van der Waals surface area contributed by atoms with E-state index in [4.69, 9.17) is 5.73 Å². The van der Waals surface area contributed by atoms with Crippen LogP contribution in [0.4, 0.5) is 0 Å². The van der Waals surface area contributed by atoms with E-state index in [-0.39, 0.29) is 5.91 Å². The summed E-state index contributed by atoms with van der Waals surface area (Å²) in [5.74, 6) is 0.769. The molecule has 1 atom stereocenters. The zero-order valence-corrected chi connectivity index (χ0v) is 13.0. The van der Waals surface area contributed by atoms with Crippen LogP contribution in [0, 0.1) is 12.8 Å². The van der Waals surface area contributed by atoms with E-state index in [1.54, 1.807) is 16.2 Å². The Bertz CT molecular complexity index is 392. The second-order valence-electron chi connectivity index (χ2n) is 5.00. The van der Waals surface area contributed by atoms with E-state index in [0.29, 0.717) is 25.4 Å². The highest BCUT2D eigenvalue weighted by atomic mass is 32.1. The van der Waals surface area contributed by atoms with Crippen molar-refractivity contribution >= 4 is 17.2 Å². The highest BCUT2D eigenvalue weighted by molar-refractivity contribution is 7.09. The van der Waals surface area contributed by atoms with E-state index in [1.165, 1.54) is 0 Å². The van der Waals surface area contributed by atoms with Gasteiger partial charge in [-0.2, -0.15) is 0 Å². The van der Waals surface area contributed by atoms with Crippen LogP contribution < -0.4 is 5.73 Å². The molecular formula is C14H25N3OS. The number of rotatable bonds is 8. The fourth-order valence-corrected chi connectivity index (χ4v) is 2.72. The first-order valence-electron chi connectivity index (χ1n) is 6.91. The first-order valence-corrected chi connectivity index (χ1v) is 7.79. The quantitative estimate of drug-likeness (QED) is 0.797. The van der Waals surface area contributed by atoms with Gasteiger partial charge in [-0.3, -0.25) is 4.79 Å². The Balaban J connectivity index is 2.36. The minimum atomic E-state index is 0.195. The average Bonchev–Trinajstić information content (AvgIpc) is 2.79. The van der Waals surface area contributed by atoms with Crippen LogP contribution in [0.15, 0.2) is 5.38 Å². The van der Waals surface area contributed by atoms with Crippen molar-refractivity contribution in [3.8, 4) is 0 Å². The van der Waals surface area contributed by atoms with E-state index >= 15 is 0 Å². The fourth-order valence-electron chi connectivity index (χ4n) is 2.12. The molecule has 1 heterocycles. The summed E-state index contributed by atoms with van der Waals surface area (Å²) in [5.41, 5.74) is 6.55. The molecule has 19 heavy (non-hydrogen) atoms. The first-order chi connectivity index (χ1) is 9.06. The van der Waals surface area contributed by atoms with E-state index in [9.17, 15) is 4.79 Å². The summed E-state index contributed by atoms with van der Waals surface area (Å²) in [5, 5.41) is 3.06. The molecule has 1 aromatic rings. The molecule has 0 spiro atoms. The molecule has 0 aliphatic rings. The highest BCUT2D eigenvalue weighted by Crippen LogP contribution is 2.16. The van der Waals surface area contributed by atoms with Crippen molar-refractivity contribution in [1.29, 1.82) is 0 Å². The smallest absolute Gasteiger partial charge is 0.222 e. The third kappa shape index (κ3) is 5.70. The van der Waals surface area contributed by atoms with E-state index in [2.05, 4.69) is 11.9 Å². The summed E-state index contributed by atoms with van der Waals surface area (Å²) in [6.45, 7) is 5.46. The van der Waals surface area contributed by atoms with Gasteiger partial charge in [0, 0.05) is 18.8 Å². The number of thiazole rings is 1. The zero-order valence-electron chi connectivity index (χ0n) is 12.2. The van der Waals surface area contributed by atoms with Gasteiger partial charge in [0.2, 0.25) is 5.91 Å². The maximum absolute atomic E-state index is 12.0. The molecule has 0 saturated carbocycles. The van der Waals surface area contributed by atoms with Gasteiger partial charge in [-0.05, 0) is 32.2 Å². The molecule has 0 aliphatic heterocycles. The Morgan fingerprint density at radius 1 is 1.53 bits per heavy atom. The Kier molecular flexibility index (Phi) is 7.02. The Labute approximate surface area is 120 Å². The Morgan fingerprint density at radius 2 is 2.26 bits per heavy atom. The molecule has 1 aromatic heterocycles. The van der Waals surface area contributed by atoms with E-state index in [0.717, 1.165) is 30.0 Å². The SMILES string of the molecule is CCC(CCN)CCC(=O)N(C)Cc1csc(C)n1. The third-order valence-corrected chi connectivity index (χ3v) is 4.23. The molecule has 0 bridgehead atoms. The summed E-state index contributed by atoms with van der Waals surface area (Å²) < 4.78 is 0. The lowest BCUT2D eigenvalue weighted by molar-refractivity contribution is -0.130. The van der Waals surface area contributed by atoms with Gasteiger partial charge in [-0.1, -0.05) is 13.3 Å². The van der Waals surface area contributed by atoms with Gasteiger partial charge in [-0.25, -0.2) is 4.98 Å². The molecule has 0 aromatic carbocycles. The molecule has 0 aliphatic carbocycles. The Morgan fingerprint density at radius 3 is 2.79 bits per heavy atom. The molecule has 0 saturated heterocycles. The topological polar surface area (TPSA) is 59.2 Å². The number of aryl methyl sites for hydroxylation is 1. The lowest BCUT2D eigenvalue weighted by atomic mass is 9.96. The molecule has 1 rings (SSSR count). The van der Waals surface area contributed by atoms with Crippen LogP contribution in [-0.2, 0) is 11.3 Å². The fraction of sp³-hybridized carbons (Fsp3) is 0.714. The largest absolute Gasteiger partial charge is 0.340 e. The maximum Gasteiger partial charge on any atom is 0.222 e. The lowest BCUT2D eigenvalue weighted by Crippen LogP contribution is -2.26. The summed E-state index contributed by atoms with van der Waals surface area (Å²) in [7, 11) is 1.85. The second kappa shape index (κ2) is 8.27. The number of nitrogens with two attached hydrogens (primary N) is 1. The number of carbonyl (C=O) groups is 1. The Hall–Kier alpha value is -0.940. The van der Waals surface area contributed by atoms with E-state index < -0.39 is 0 Å². The van der Waals surface area contributed by atoms with Crippen molar-refractivity contribution in [3.05, 3.63) is 16.1 Å². The van der Waals surface area contributed by atoms with Gasteiger partial charge in [0.25, 0.3) is 0 Å². The molecule has 1 amide bonds. The van der Waals surface area contributed by atoms with Crippen molar-refractivity contribution in [1.82, 2.24) is 9.88 Å². The summed E-state index contributed by atoms with van der Waals surface area (Å²) in [4.78, 5) is 18.2. The predicted octanol–water partition coefficient (Wildman–Crippen LogP) is 2.57. The second-order valence-corrected chi connectivity index (χ2v) is 6.06. The highest BCUT2D eigenvalue weighted by Gasteiger charge is 2.13. The molecule has 0 radical (unpaired) electrons. The molecule has 108 valence electrons. The number of carbonyl (C=O) groups excluding carboxylic acids is 1. The number of aromatic nitrogens is 1. The van der Waals surface area contributed by atoms with Crippen molar-refractivity contribution in [2.24, 2.45) is 11.7 Å². The van der Waals surface area contributed by atoms with Crippen molar-refractivity contribution in [2.45, 2.75) is 46.1 Å². The van der Waals surface area contributed by atoms with Crippen LogP contribution in [0.5, 0.6) is 0 Å². The van der Waals surface area contributed by atoms with Crippen LogP contribution in [0.2, 0.25) is 0 Å². The lowest BCUT2D eigenvalue weighted by Gasteiger charge is -2.18. The van der Waals surface area contributed by atoms with Gasteiger partial charge < -0.3 is 10.6 Å². The third-order valence-electron chi connectivity index (χ3n) is 3.41. The van der Waals surface area contributed by atoms with Crippen LogP contribution in [0.1, 0.15) is 43.3 Å². The standard InChI is InChI=1S/C14H25N3OS/c1-4-12(7-8-15)5-6-14(18)17(3)9-13-10-19-11(2)16-13/h10,12H,4-9,15H2,1-3H3. The van der Waals surface area contributed by atoms with Gasteiger partial charge in [0.15, 0.2) is 0 Å².